The fourth-order valence-corrected chi connectivity index (χ4v) is 0.788. The lowest BCUT2D eigenvalue weighted by Crippen LogP contribution is -2.37. The van der Waals surface area contributed by atoms with Gasteiger partial charge < -0.3 is 15.8 Å². The highest BCUT2D eigenvalue weighted by atomic mass is 16.5. The van der Waals surface area contributed by atoms with Gasteiger partial charge in [-0.05, 0) is 6.42 Å². The van der Waals surface area contributed by atoms with Gasteiger partial charge in [-0.1, -0.05) is 6.92 Å². The van der Waals surface area contributed by atoms with E-state index in [2.05, 4.69) is 10.1 Å². The minimum absolute atomic E-state index is 0.0678. The second kappa shape index (κ2) is 5.40. The summed E-state index contributed by atoms with van der Waals surface area (Å²) in [5.74, 6) is 0.0678. The van der Waals surface area contributed by atoms with Crippen LogP contribution in [0.15, 0.2) is 0 Å². The van der Waals surface area contributed by atoms with Crippen LogP contribution < -0.4 is 11.1 Å². The third-order valence-electron chi connectivity index (χ3n) is 1.47. The monoisotopic (exact) mass is 173 g/mol. The van der Waals surface area contributed by atoms with Gasteiger partial charge in [0.05, 0.1) is 12.9 Å². The molecule has 1 unspecified atom stereocenters. The quantitative estimate of drug-likeness (QED) is 0.426. The van der Waals surface area contributed by atoms with Crippen molar-refractivity contribution in [3.8, 4) is 0 Å². The summed E-state index contributed by atoms with van der Waals surface area (Å²) in [6.45, 7) is 1.91. The molecule has 12 heavy (non-hydrogen) atoms. The fraction of sp³-hybridized carbons (Fsp3) is 0.714. The summed E-state index contributed by atoms with van der Waals surface area (Å²) in [6, 6.07) is -0.102. The number of amides is 1. The van der Waals surface area contributed by atoms with E-state index in [1.54, 1.807) is 0 Å². The van der Waals surface area contributed by atoms with Crippen LogP contribution in [0.1, 0.15) is 19.8 Å². The lowest BCUT2D eigenvalue weighted by atomic mass is 10.1. The van der Waals surface area contributed by atoms with Crippen molar-refractivity contribution in [2.24, 2.45) is 5.73 Å². The molecule has 0 rings (SSSR count). The van der Waals surface area contributed by atoms with Gasteiger partial charge in [0.1, 0.15) is 0 Å². The first kappa shape index (κ1) is 10.7. The predicted octanol–water partition coefficient (Wildman–Crippen LogP) is 0.447. The number of methoxy groups -OCH3 is 1. The lowest BCUT2D eigenvalue weighted by molar-refractivity contribution is 0.166. The number of amidine groups is 1. The number of alkyl carbamates (subject to hydrolysis) is 1. The number of hydrogen-bond acceptors (Lipinski definition) is 3. The molecule has 0 aliphatic carbocycles. The average Bonchev–Trinajstić information content (AvgIpc) is 2.02. The number of ether oxygens (including phenoxy) is 1. The van der Waals surface area contributed by atoms with Crippen LogP contribution in [-0.4, -0.2) is 25.1 Å². The molecule has 0 spiro atoms. The first-order valence-corrected chi connectivity index (χ1v) is 3.77. The molecule has 70 valence electrons. The highest BCUT2D eigenvalue weighted by Crippen LogP contribution is 1.96. The van der Waals surface area contributed by atoms with Gasteiger partial charge in [-0.25, -0.2) is 4.79 Å². The number of nitrogens with one attached hydrogen (secondary N) is 2. The highest BCUT2D eigenvalue weighted by Gasteiger charge is 2.10. The molecule has 0 heterocycles. The Labute approximate surface area is 71.8 Å². The van der Waals surface area contributed by atoms with Gasteiger partial charge in [-0.15, -0.1) is 0 Å². The number of nitrogens with two attached hydrogens (primary N) is 1. The zero-order valence-corrected chi connectivity index (χ0v) is 7.39. The van der Waals surface area contributed by atoms with Crippen LogP contribution >= 0.6 is 0 Å². The molecule has 0 fully saturated rings. The Balaban J connectivity index is 3.82. The Kier molecular flexibility index (Phi) is 4.83. The molecular weight excluding hydrogens is 158 g/mol. The van der Waals surface area contributed by atoms with E-state index in [1.165, 1.54) is 7.11 Å². The van der Waals surface area contributed by atoms with Crippen LogP contribution in [0, 0.1) is 5.41 Å². The highest BCUT2D eigenvalue weighted by molar-refractivity contribution is 5.78. The number of carbonyl (C=O) groups is 1. The van der Waals surface area contributed by atoms with Gasteiger partial charge >= 0.3 is 6.09 Å². The van der Waals surface area contributed by atoms with Crippen LogP contribution in [0.5, 0.6) is 0 Å². The Hall–Kier alpha value is -1.26. The summed E-state index contributed by atoms with van der Waals surface area (Å²) in [7, 11) is 1.30. The maximum Gasteiger partial charge on any atom is 0.407 e. The molecule has 1 atom stereocenters. The molecule has 5 nitrogen and oxygen atoms in total. The van der Waals surface area contributed by atoms with E-state index in [0.717, 1.165) is 6.42 Å². The normalized spacial score (nSPS) is 11.8. The van der Waals surface area contributed by atoms with Crippen LogP contribution in [-0.2, 0) is 4.74 Å². The van der Waals surface area contributed by atoms with E-state index in [9.17, 15) is 4.79 Å². The van der Waals surface area contributed by atoms with Crippen LogP contribution in [0.3, 0.4) is 0 Å². The molecule has 0 aromatic heterocycles. The first-order chi connectivity index (χ1) is 5.60. The maximum absolute atomic E-state index is 10.7. The molecule has 0 saturated heterocycles. The first-order valence-electron chi connectivity index (χ1n) is 3.77. The van der Waals surface area contributed by atoms with Gasteiger partial charge in [0.25, 0.3) is 0 Å². The number of carbonyl (C=O) groups excluding carboxylic acids is 1. The van der Waals surface area contributed by atoms with Gasteiger partial charge in [-0.3, -0.25) is 5.41 Å². The van der Waals surface area contributed by atoms with Crippen molar-refractivity contribution < 1.29 is 9.53 Å². The van der Waals surface area contributed by atoms with Crippen molar-refractivity contribution in [3.63, 3.8) is 0 Å². The zero-order valence-electron chi connectivity index (χ0n) is 7.39. The summed E-state index contributed by atoms with van der Waals surface area (Å²) in [5.41, 5.74) is 5.18. The topological polar surface area (TPSA) is 88.2 Å². The van der Waals surface area contributed by atoms with Gasteiger partial charge in [0.15, 0.2) is 0 Å². The second-order valence-electron chi connectivity index (χ2n) is 2.47. The van der Waals surface area contributed by atoms with Crippen LogP contribution in [0.4, 0.5) is 4.79 Å². The molecule has 0 bridgehead atoms. The number of rotatable bonds is 4. The lowest BCUT2D eigenvalue weighted by Gasteiger charge is -2.14. The van der Waals surface area contributed by atoms with Crippen molar-refractivity contribution in [1.82, 2.24) is 5.32 Å². The third-order valence-corrected chi connectivity index (χ3v) is 1.47. The minimum Gasteiger partial charge on any atom is -0.453 e. The van der Waals surface area contributed by atoms with E-state index in [-0.39, 0.29) is 11.9 Å². The van der Waals surface area contributed by atoms with Crippen molar-refractivity contribution >= 4 is 11.9 Å². The van der Waals surface area contributed by atoms with Crippen LogP contribution in [0.25, 0.3) is 0 Å². The Morgan fingerprint density at radius 2 is 2.33 bits per heavy atom. The summed E-state index contributed by atoms with van der Waals surface area (Å²) in [5, 5.41) is 9.58. The molecule has 0 aromatic carbocycles. The van der Waals surface area contributed by atoms with Gasteiger partial charge in [0.2, 0.25) is 0 Å². The zero-order chi connectivity index (χ0) is 9.56. The Morgan fingerprint density at radius 3 is 2.67 bits per heavy atom. The predicted molar refractivity (Wildman–Crippen MR) is 46.2 cm³/mol. The largest absolute Gasteiger partial charge is 0.453 e. The molecule has 0 aliphatic rings. The summed E-state index contributed by atoms with van der Waals surface area (Å²) < 4.78 is 4.40. The van der Waals surface area contributed by atoms with Gasteiger partial charge in [-0.2, -0.15) is 0 Å². The third kappa shape index (κ3) is 4.54. The van der Waals surface area contributed by atoms with Gasteiger partial charge in [0, 0.05) is 12.5 Å². The Morgan fingerprint density at radius 1 is 1.75 bits per heavy atom. The van der Waals surface area contributed by atoms with Crippen molar-refractivity contribution in [2.75, 3.05) is 7.11 Å². The van der Waals surface area contributed by atoms with E-state index in [1.807, 2.05) is 6.92 Å². The summed E-state index contributed by atoms with van der Waals surface area (Å²) in [6.07, 6.45) is 0.614. The van der Waals surface area contributed by atoms with Crippen molar-refractivity contribution in [3.05, 3.63) is 0 Å². The SMILES string of the molecule is CCC(CC(=N)N)NC(=O)OC. The summed E-state index contributed by atoms with van der Waals surface area (Å²) in [4.78, 5) is 10.7. The molecule has 5 heteroatoms. The van der Waals surface area contributed by atoms with E-state index < -0.39 is 6.09 Å². The maximum atomic E-state index is 10.7. The molecule has 0 aromatic rings. The molecule has 0 saturated carbocycles. The standard InChI is InChI=1S/C7H15N3O2/c1-3-5(4-6(8)9)10-7(11)12-2/h5H,3-4H2,1-2H3,(H3,8,9)(H,10,11). The fourth-order valence-electron chi connectivity index (χ4n) is 0.788. The van der Waals surface area contributed by atoms with E-state index >= 15 is 0 Å². The van der Waals surface area contributed by atoms with Crippen molar-refractivity contribution in [2.45, 2.75) is 25.8 Å². The average molecular weight is 173 g/mol. The minimum atomic E-state index is -0.483. The van der Waals surface area contributed by atoms with E-state index in [0.29, 0.717) is 6.42 Å². The summed E-state index contributed by atoms with van der Waals surface area (Å²) >= 11 is 0. The van der Waals surface area contributed by atoms with Crippen LogP contribution in [0.2, 0.25) is 0 Å². The Bertz CT molecular complexity index is 170. The molecular formula is C7H15N3O2. The smallest absolute Gasteiger partial charge is 0.407 e. The van der Waals surface area contributed by atoms with E-state index in [4.69, 9.17) is 11.1 Å². The van der Waals surface area contributed by atoms with Crippen molar-refractivity contribution in [1.29, 1.82) is 5.41 Å². The number of hydrogen-bond donors (Lipinski definition) is 3. The molecule has 0 aliphatic heterocycles. The molecule has 0 radical (unpaired) electrons. The second-order valence-corrected chi connectivity index (χ2v) is 2.47. The molecule has 4 N–H and O–H groups in total. The molecule has 1 amide bonds.